The molecule has 1 amide bonds. The van der Waals surface area contributed by atoms with Gasteiger partial charge in [-0.15, -0.1) is 0 Å². The summed E-state index contributed by atoms with van der Waals surface area (Å²) in [5.41, 5.74) is 16.8. The number of pyridine rings is 1. The highest BCUT2D eigenvalue weighted by Gasteiger charge is 2.42. The van der Waals surface area contributed by atoms with Crippen LogP contribution >= 0.6 is 0 Å². The van der Waals surface area contributed by atoms with Crippen LogP contribution in [-0.4, -0.2) is 77.4 Å². The van der Waals surface area contributed by atoms with Crippen LogP contribution in [-0.2, 0) is 16.1 Å². The standard InChI is InChI=1S/C30H34FN7O3/c1-40-25-16-34-28(32)26-27(25)38(19-35-26)17-22-14-21(20-4-2-5-23(31)15-20)6-7-24(22)37-9-3-8-30(33,18-37)29(39)36-10-12-41-13-11-36/h2,4-7,14-16,19H,3,8-13,17-18,33H2,1H3,(H2,32,34). The smallest absolute Gasteiger partial charge is 0.244 e. The molecule has 2 fully saturated rings. The van der Waals surface area contributed by atoms with Crippen molar-refractivity contribution in [2.45, 2.75) is 24.9 Å². The second-order valence-corrected chi connectivity index (χ2v) is 10.7. The van der Waals surface area contributed by atoms with E-state index in [2.05, 4.69) is 20.9 Å². The fourth-order valence-electron chi connectivity index (χ4n) is 5.95. The number of nitrogens with zero attached hydrogens (tertiary/aromatic N) is 5. The first-order valence-corrected chi connectivity index (χ1v) is 13.8. The normalized spacial score (nSPS) is 19.5. The van der Waals surface area contributed by atoms with E-state index in [1.165, 1.54) is 12.1 Å². The van der Waals surface area contributed by atoms with Gasteiger partial charge in [-0.1, -0.05) is 18.2 Å². The van der Waals surface area contributed by atoms with E-state index in [1.54, 1.807) is 25.7 Å². The molecule has 2 aromatic heterocycles. The number of fused-ring (bicyclic) bond motifs is 1. The Hall–Kier alpha value is -4.22. The Labute approximate surface area is 237 Å². The molecule has 10 nitrogen and oxygen atoms in total. The van der Waals surface area contributed by atoms with Gasteiger partial charge in [-0.25, -0.2) is 14.4 Å². The Bertz CT molecular complexity index is 1590. The number of imidazole rings is 1. The molecule has 0 bridgehead atoms. The Morgan fingerprint density at radius 2 is 1.93 bits per heavy atom. The number of amides is 1. The molecule has 41 heavy (non-hydrogen) atoms. The maximum Gasteiger partial charge on any atom is 0.244 e. The van der Waals surface area contributed by atoms with E-state index in [0.29, 0.717) is 62.9 Å². The quantitative estimate of drug-likeness (QED) is 0.369. The van der Waals surface area contributed by atoms with Gasteiger partial charge in [-0.2, -0.15) is 0 Å². The van der Waals surface area contributed by atoms with Crippen LogP contribution in [0.15, 0.2) is 55.0 Å². The highest BCUT2D eigenvalue weighted by Crippen LogP contribution is 2.34. The van der Waals surface area contributed by atoms with Gasteiger partial charge >= 0.3 is 0 Å². The summed E-state index contributed by atoms with van der Waals surface area (Å²) in [5, 5.41) is 0. The zero-order valence-corrected chi connectivity index (χ0v) is 23.1. The van der Waals surface area contributed by atoms with Crippen LogP contribution < -0.4 is 21.1 Å². The number of hydrogen-bond acceptors (Lipinski definition) is 8. The van der Waals surface area contributed by atoms with Crippen molar-refractivity contribution in [1.29, 1.82) is 0 Å². The van der Waals surface area contributed by atoms with Gasteiger partial charge in [0, 0.05) is 31.9 Å². The Kier molecular flexibility index (Phi) is 7.22. The molecular weight excluding hydrogens is 525 g/mol. The number of halogens is 1. The summed E-state index contributed by atoms with van der Waals surface area (Å²) in [4.78, 5) is 26.3. The minimum absolute atomic E-state index is 0.0308. The number of nitrogen functional groups attached to an aromatic ring is 1. The molecule has 4 heterocycles. The number of nitrogens with two attached hydrogens (primary N) is 2. The first-order valence-electron chi connectivity index (χ1n) is 13.8. The highest BCUT2D eigenvalue weighted by molar-refractivity contribution is 5.90. The Morgan fingerprint density at radius 3 is 2.71 bits per heavy atom. The maximum atomic E-state index is 14.1. The van der Waals surface area contributed by atoms with Crippen LogP contribution in [0.3, 0.4) is 0 Å². The summed E-state index contributed by atoms with van der Waals surface area (Å²) in [6, 6.07) is 12.6. The number of ether oxygens (including phenoxy) is 2. The van der Waals surface area contributed by atoms with Gasteiger partial charge in [0.15, 0.2) is 11.6 Å². The zero-order valence-electron chi connectivity index (χ0n) is 23.1. The average Bonchev–Trinajstić information content (AvgIpc) is 3.42. The van der Waals surface area contributed by atoms with Crippen molar-refractivity contribution >= 4 is 28.4 Å². The summed E-state index contributed by atoms with van der Waals surface area (Å²) in [6.07, 6.45) is 4.70. The number of methoxy groups -OCH3 is 1. The van der Waals surface area contributed by atoms with Crippen LogP contribution in [0.25, 0.3) is 22.2 Å². The lowest BCUT2D eigenvalue weighted by Gasteiger charge is -2.43. The number of carbonyl (C=O) groups excluding carboxylic acids is 1. The van der Waals surface area contributed by atoms with E-state index >= 15 is 0 Å². The molecule has 1 unspecified atom stereocenters. The van der Waals surface area contributed by atoms with Crippen LogP contribution in [0, 0.1) is 5.82 Å². The molecule has 214 valence electrons. The van der Waals surface area contributed by atoms with E-state index in [1.807, 2.05) is 27.7 Å². The second-order valence-electron chi connectivity index (χ2n) is 10.7. The number of anilines is 2. The lowest BCUT2D eigenvalue weighted by atomic mass is 9.87. The van der Waals surface area contributed by atoms with E-state index < -0.39 is 5.54 Å². The Morgan fingerprint density at radius 1 is 1.12 bits per heavy atom. The fourth-order valence-corrected chi connectivity index (χ4v) is 5.95. The molecule has 4 aromatic rings. The van der Waals surface area contributed by atoms with Gasteiger partial charge in [0.05, 0.1) is 39.4 Å². The van der Waals surface area contributed by atoms with Gasteiger partial charge in [0.2, 0.25) is 5.91 Å². The summed E-state index contributed by atoms with van der Waals surface area (Å²) >= 11 is 0. The molecule has 1 atom stereocenters. The predicted molar refractivity (Wildman–Crippen MR) is 155 cm³/mol. The fraction of sp³-hybridized carbons (Fsp3) is 0.367. The number of hydrogen-bond donors (Lipinski definition) is 2. The van der Waals surface area contributed by atoms with Crippen LogP contribution in [0.4, 0.5) is 15.9 Å². The molecule has 0 radical (unpaired) electrons. The number of piperidine rings is 1. The molecule has 11 heteroatoms. The number of morpholine rings is 1. The molecule has 2 saturated heterocycles. The molecule has 0 aliphatic carbocycles. The van der Waals surface area contributed by atoms with Crippen molar-refractivity contribution < 1.29 is 18.7 Å². The third kappa shape index (κ3) is 5.18. The van der Waals surface area contributed by atoms with Crippen molar-refractivity contribution in [3.63, 3.8) is 0 Å². The molecule has 0 spiro atoms. The molecule has 0 saturated carbocycles. The van der Waals surface area contributed by atoms with Gasteiger partial charge < -0.3 is 35.3 Å². The topological polar surface area (TPSA) is 125 Å². The minimum Gasteiger partial charge on any atom is -0.493 e. The van der Waals surface area contributed by atoms with Gasteiger partial charge in [0.1, 0.15) is 22.4 Å². The predicted octanol–water partition coefficient (Wildman–Crippen LogP) is 3.03. The SMILES string of the molecule is COc1cnc(N)c2ncn(Cc3cc(-c4cccc(F)c4)ccc3N3CCCC(N)(C(=O)N4CCOCC4)C3)c12. The van der Waals surface area contributed by atoms with Crippen LogP contribution in [0.1, 0.15) is 18.4 Å². The van der Waals surface area contributed by atoms with Crippen molar-refractivity contribution in [2.24, 2.45) is 5.73 Å². The summed E-state index contributed by atoms with van der Waals surface area (Å²) in [5.74, 6) is 0.548. The minimum atomic E-state index is -1.00. The zero-order chi connectivity index (χ0) is 28.6. The highest BCUT2D eigenvalue weighted by atomic mass is 19.1. The molecular formula is C30H34FN7O3. The first-order chi connectivity index (χ1) is 19.9. The van der Waals surface area contributed by atoms with E-state index in [0.717, 1.165) is 40.9 Å². The molecule has 6 rings (SSSR count). The van der Waals surface area contributed by atoms with Gasteiger partial charge in [0.25, 0.3) is 0 Å². The van der Waals surface area contributed by atoms with Crippen molar-refractivity contribution in [1.82, 2.24) is 19.4 Å². The third-order valence-corrected chi connectivity index (χ3v) is 8.02. The van der Waals surface area contributed by atoms with Crippen LogP contribution in [0.5, 0.6) is 5.75 Å². The van der Waals surface area contributed by atoms with Crippen molar-refractivity contribution in [3.05, 3.63) is 66.4 Å². The summed E-state index contributed by atoms with van der Waals surface area (Å²) in [7, 11) is 1.58. The van der Waals surface area contributed by atoms with Crippen molar-refractivity contribution in [3.8, 4) is 16.9 Å². The number of aromatic nitrogens is 3. The van der Waals surface area contributed by atoms with Gasteiger partial charge in [-0.3, -0.25) is 4.79 Å². The van der Waals surface area contributed by atoms with E-state index in [-0.39, 0.29) is 11.7 Å². The summed E-state index contributed by atoms with van der Waals surface area (Å²) in [6.45, 7) is 3.74. The molecule has 2 aliphatic heterocycles. The molecule has 2 aromatic carbocycles. The average molecular weight is 560 g/mol. The molecule has 2 aliphatic rings. The first kappa shape index (κ1) is 27.0. The third-order valence-electron chi connectivity index (χ3n) is 8.02. The molecule has 4 N–H and O–H groups in total. The monoisotopic (exact) mass is 559 g/mol. The number of carbonyl (C=O) groups is 1. The number of benzene rings is 2. The Balaban J connectivity index is 1.40. The van der Waals surface area contributed by atoms with E-state index in [4.69, 9.17) is 20.9 Å². The van der Waals surface area contributed by atoms with Crippen LogP contribution in [0.2, 0.25) is 0 Å². The van der Waals surface area contributed by atoms with Crippen molar-refractivity contribution in [2.75, 3.05) is 57.1 Å². The lowest BCUT2D eigenvalue weighted by Crippen LogP contribution is -2.64. The second kappa shape index (κ2) is 11.0. The lowest BCUT2D eigenvalue weighted by molar-refractivity contribution is -0.141. The summed E-state index contributed by atoms with van der Waals surface area (Å²) < 4.78 is 27.1. The maximum absolute atomic E-state index is 14.1. The number of rotatable bonds is 6. The van der Waals surface area contributed by atoms with E-state index in [9.17, 15) is 9.18 Å². The largest absolute Gasteiger partial charge is 0.493 e. The van der Waals surface area contributed by atoms with Gasteiger partial charge in [-0.05, 0) is 53.8 Å².